The van der Waals surface area contributed by atoms with Crippen molar-refractivity contribution in [2.24, 2.45) is 5.11 Å². The molecule has 0 aromatic carbocycles. The highest BCUT2D eigenvalue weighted by atomic mass is 16.5. The minimum absolute atomic E-state index is 0.150. The van der Waals surface area contributed by atoms with Crippen LogP contribution < -0.4 is 10.6 Å². The fourth-order valence-corrected chi connectivity index (χ4v) is 4.26. The highest BCUT2D eigenvalue weighted by Crippen LogP contribution is 2.03. The Kier molecular flexibility index (Phi) is 26.0. The van der Waals surface area contributed by atoms with Crippen molar-refractivity contribution in [1.82, 2.24) is 25.3 Å². The average molecular weight is 671 g/mol. The van der Waals surface area contributed by atoms with Crippen LogP contribution in [-0.4, -0.2) is 151 Å². The Balaban J connectivity index is 4.82. The van der Waals surface area contributed by atoms with E-state index < -0.39 is 0 Å². The molecule has 0 aromatic heterocycles. The lowest BCUT2D eigenvalue weighted by Gasteiger charge is -2.23. The van der Waals surface area contributed by atoms with Crippen LogP contribution >= 0.6 is 0 Å². The summed E-state index contributed by atoms with van der Waals surface area (Å²) in [5, 5.41) is 9.33. The van der Waals surface area contributed by atoms with E-state index in [0.717, 1.165) is 0 Å². The fourth-order valence-electron chi connectivity index (χ4n) is 4.26. The molecule has 268 valence electrons. The lowest BCUT2D eigenvalue weighted by molar-refractivity contribution is -0.142. The molecule has 0 aromatic rings. The Morgan fingerprint density at radius 3 is 1.36 bits per heavy atom. The van der Waals surface area contributed by atoms with Gasteiger partial charge in [-0.1, -0.05) is 11.7 Å². The largest absolute Gasteiger partial charge is 0.502 e. The number of azide groups is 1. The van der Waals surface area contributed by atoms with Gasteiger partial charge in [-0.15, -0.1) is 0 Å². The van der Waals surface area contributed by atoms with Crippen LogP contribution in [-0.2, 0) is 42.9 Å². The molecule has 0 bridgehead atoms. The first-order valence-corrected chi connectivity index (χ1v) is 15.7. The van der Waals surface area contributed by atoms with E-state index in [1.54, 1.807) is 7.11 Å². The van der Waals surface area contributed by atoms with E-state index in [2.05, 4.69) is 36.7 Å². The summed E-state index contributed by atoms with van der Waals surface area (Å²) in [7, 11) is 5.51. The van der Waals surface area contributed by atoms with Gasteiger partial charge in [-0.25, -0.2) is 0 Å². The van der Waals surface area contributed by atoms with E-state index in [4.69, 9.17) is 15.0 Å². The fraction of sp³-hybridized carbons (Fsp3) is 0.767. The van der Waals surface area contributed by atoms with Crippen molar-refractivity contribution < 1.29 is 42.9 Å². The predicted molar refractivity (Wildman–Crippen MR) is 174 cm³/mol. The second-order valence-corrected chi connectivity index (χ2v) is 10.5. The molecule has 0 saturated carbocycles. The Morgan fingerprint density at radius 2 is 0.979 bits per heavy atom. The Morgan fingerprint density at radius 1 is 0.596 bits per heavy atom. The molecule has 0 unspecified atom stereocenters. The molecular weight excluding hydrogens is 616 g/mol. The zero-order chi connectivity index (χ0) is 35.3. The van der Waals surface area contributed by atoms with Gasteiger partial charge in [-0.05, 0) is 18.5 Å². The standard InChI is InChI=1S/C30H54N8O9/c1-25(44-2)7-17-37(20-10-28(41)45-3)23-14-32-26(39)8-18-36(16-6-13-34-35-31)19-9-27(40)33-15-24-38(21-11-29(42)46-4)22-12-30(43)47-5/h1,6-24H2,2-5H3,(H,32,39)(H,33,40). The van der Waals surface area contributed by atoms with Crippen LogP contribution in [0.15, 0.2) is 17.5 Å². The third-order valence-electron chi connectivity index (χ3n) is 7.18. The molecule has 0 rings (SSSR count). The van der Waals surface area contributed by atoms with Crippen LogP contribution in [0.3, 0.4) is 0 Å². The smallest absolute Gasteiger partial charge is 0.306 e. The number of ether oxygens (including phenoxy) is 4. The van der Waals surface area contributed by atoms with E-state index in [9.17, 15) is 24.0 Å². The Bertz CT molecular complexity index is 902. The highest BCUT2D eigenvalue weighted by molar-refractivity contribution is 5.76. The van der Waals surface area contributed by atoms with Crippen LogP contribution in [0.25, 0.3) is 10.4 Å². The number of hydrogen-bond donors (Lipinski definition) is 2. The number of hydrogen-bond acceptors (Lipinski definition) is 13. The van der Waals surface area contributed by atoms with Crippen molar-refractivity contribution in [2.75, 3.05) is 107 Å². The Hall–Kier alpha value is -3.92. The minimum Gasteiger partial charge on any atom is -0.502 e. The average Bonchev–Trinajstić information content (AvgIpc) is 3.08. The molecule has 17 nitrogen and oxygen atoms in total. The second-order valence-electron chi connectivity index (χ2n) is 10.5. The van der Waals surface area contributed by atoms with Gasteiger partial charge in [0.15, 0.2) is 0 Å². The quantitative estimate of drug-likeness (QED) is 0.0216. The van der Waals surface area contributed by atoms with Gasteiger partial charge in [0.25, 0.3) is 0 Å². The number of nitrogens with one attached hydrogen (secondary N) is 2. The molecule has 47 heavy (non-hydrogen) atoms. The molecule has 0 fully saturated rings. The van der Waals surface area contributed by atoms with Gasteiger partial charge in [0.2, 0.25) is 11.8 Å². The van der Waals surface area contributed by atoms with E-state index in [1.807, 2.05) is 14.7 Å². The maximum atomic E-state index is 12.6. The number of carbonyl (C=O) groups is 5. The number of methoxy groups -OCH3 is 4. The van der Waals surface area contributed by atoms with Crippen molar-refractivity contribution in [1.29, 1.82) is 0 Å². The van der Waals surface area contributed by atoms with E-state index >= 15 is 0 Å². The van der Waals surface area contributed by atoms with Gasteiger partial charge < -0.3 is 44.3 Å². The van der Waals surface area contributed by atoms with Crippen LogP contribution in [0.2, 0.25) is 0 Å². The maximum absolute atomic E-state index is 12.6. The number of nitrogens with zero attached hydrogens (tertiary/aromatic N) is 6. The normalized spacial score (nSPS) is 10.7. The molecule has 0 aliphatic heterocycles. The van der Waals surface area contributed by atoms with Crippen molar-refractivity contribution in [2.45, 2.75) is 44.9 Å². The molecule has 0 aliphatic rings. The summed E-state index contributed by atoms with van der Waals surface area (Å²) < 4.78 is 19.2. The van der Waals surface area contributed by atoms with Crippen LogP contribution in [0.1, 0.15) is 44.9 Å². The topological polar surface area (TPSA) is 205 Å². The number of carbonyl (C=O) groups excluding carboxylic acids is 5. The minimum atomic E-state index is -0.367. The van der Waals surface area contributed by atoms with Crippen molar-refractivity contribution in [3.05, 3.63) is 22.8 Å². The summed E-state index contributed by atoms with van der Waals surface area (Å²) in [5.41, 5.74) is 8.57. The third-order valence-corrected chi connectivity index (χ3v) is 7.18. The van der Waals surface area contributed by atoms with Gasteiger partial charge in [-0.2, -0.15) is 0 Å². The molecule has 0 atom stereocenters. The lowest BCUT2D eigenvalue weighted by Crippen LogP contribution is -2.39. The van der Waals surface area contributed by atoms with Gasteiger partial charge in [0, 0.05) is 96.2 Å². The monoisotopic (exact) mass is 670 g/mol. The molecule has 0 radical (unpaired) electrons. The summed E-state index contributed by atoms with van der Waals surface area (Å²) >= 11 is 0. The molecule has 0 heterocycles. The van der Waals surface area contributed by atoms with E-state index in [0.29, 0.717) is 97.1 Å². The summed E-state index contributed by atoms with van der Waals surface area (Å²) in [4.78, 5) is 68.6. The molecule has 2 amide bonds. The van der Waals surface area contributed by atoms with E-state index in [1.165, 1.54) is 21.3 Å². The molecule has 17 heteroatoms. The Labute approximate surface area is 277 Å². The number of esters is 3. The maximum Gasteiger partial charge on any atom is 0.306 e. The van der Waals surface area contributed by atoms with Gasteiger partial charge in [0.1, 0.15) is 0 Å². The summed E-state index contributed by atoms with van der Waals surface area (Å²) in [6.45, 7) is 8.94. The van der Waals surface area contributed by atoms with Crippen LogP contribution in [0.4, 0.5) is 0 Å². The first kappa shape index (κ1) is 43.1. The zero-order valence-electron chi connectivity index (χ0n) is 28.5. The first-order chi connectivity index (χ1) is 22.6. The number of rotatable bonds is 29. The summed E-state index contributed by atoms with van der Waals surface area (Å²) in [5.74, 6) is -0.755. The molecule has 2 N–H and O–H groups in total. The molecule has 0 aliphatic carbocycles. The van der Waals surface area contributed by atoms with Gasteiger partial charge >= 0.3 is 17.9 Å². The van der Waals surface area contributed by atoms with Crippen molar-refractivity contribution >= 4 is 29.7 Å². The molecular formula is C30H54N8O9. The van der Waals surface area contributed by atoms with Gasteiger partial charge in [-0.3, -0.25) is 24.0 Å². The predicted octanol–water partition coefficient (Wildman–Crippen LogP) is 0.845. The molecule has 0 spiro atoms. The third kappa shape index (κ3) is 24.9. The number of amides is 2. The van der Waals surface area contributed by atoms with Crippen molar-refractivity contribution in [3.8, 4) is 0 Å². The summed E-state index contributed by atoms with van der Waals surface area (Å²) in [6.07, 6.45) is 2.10. The second kappa shape index (κ2) is 28.3. The van der Waals surface area contributed by atoms with Crippen LogP contribution in [0.5, 0.6) is 0 Å². The van der Waals surface area contributed by atoms with Gasteiger partial charge in [0.05, 0.1) is 53.5 Å². The highest BCUT2D eigenvalue weighted by Gasteiger charge is 2.15. The van der Waals surface area contributed by atoms with Crippen molar-refractivity contribution in [3.63, 3.8) is 0 Å². The first-order valence-electron chi connectivity index (χ1n) is 15.7. The van der Waals surface area contributed by atoms with E-state index in [-0.39, 0.29) is 61.8 Å². The van der Waals surface area contributed by atoms with Crippen LogP contribution in [0, 0.1) is 0 Å². The summed E-state index contributed by atoms with van der Waals surface area (Å²) in [6, 6.07) is 0. The zero-order valence-corrected chi connectivity index (χ0v) is 28.5. The molecule has 0 saturated heterocycles. The lowest BCUT2D eigenvalue weighted by atomic mass is 10.2. The SMILES string of the molecule is C=C(CCN(CCNC(=O)CCN(CCCN=[N+]=[N-])CCC(=O)NCCN(CCC(=O)OC)CCC(=O)OC)CCC(=O)OC)OC.